The average molecular weight is 339 g/mol. The number of nitrogens with one attached hydrogen (secondary N) is 2. The molecule has 2 aromatic heterocycles. The SMILES string of the molecule is Cc1cccc(OC[C@H](O)CNC(=O)Cc2c[nH]c3ncccc23)c1. The predicted molar refractivity (Wildman–Crippen MR) is 95.5 cm³/mol. The summed E-state index contributed by atoms with van der Waals surface area (Å²) in [5.74, 6) is 0.552. The summed E-state index contributed by atoms with van der Waals surface area (Å²) >= 11 is 0. The van der Waals surface area contributed by atoms with E-state index in [-0.39, 0.29) is 25.5 Å². The maximum atomic E-state index is 12.1. The van der Waals surface area contributed by atoms with Crippen molar-refractivity contribution in [1.82, 2.24) is 15.3 Å². The van der Waals surface area contributed by atoms with Crippen molar-refractivity contribution in [2.45, 2.75) is 19.4 Å². The molecule has 130 valence electrons. The number of aryl methyl sites for hydroxylation is 1. The minimum Gasteiger partial charge on any atom is -0.491 e. The first kappa shape index (κ1) is 17.0. The minimum absolute atomic E-state index is 0.126. The first-order valence-electron chi connectivity index (χ1n) is 8.17. The third-order valence-corrected chi connectivity index (χ3v) is 3.85. The summed E-state index contributed by atoms with van der Waals surface area (Å²) in [4.78, 5) is 19.3. The van der Waals surface area contributed by atoms with E-state index in [1.165, 1.54) is 0 Å². The molecule has 1 atom stereocenters. The predicted octanol–water partition coefficient (Wildman–Crippen LogP) is 1.97. The molecule has 0 fully saturated rings. The first-order chi connectivity index (χ1) is 12.1. The topological polar surface area (TPSA) is 87.2 Å². The lowest BCUT2D eigenvalue weighted by Gasteiger charge is -2.13. The number of benzene rings is 1. The highest BCUT2D eigenvalue weighted by molar-refractivity contribution is 5.87. The number of aliphatic hydroxyl groups is 1. The van der Waals surface area contributed by atoms with Crippen molar-refractivity contribution in [3.05, 3.63) is 59.9 Å². The number of H-pyrrole nitrogens is 1. The summed E-state index contributed by atoms with van der Waals surface area (Å²) in [5.41, 5.74) is 2.73. The van der Waals surface area contributed by atoms with Gasteiger partial charge in [-0.2, -0.15) is 0 Å². The normalized spacial score (nSPS) is 12.1. The second-order valence-electron chi connectivity index (χ2n) is 5.98. The largest absolute Gasteiger partial charge is 0.491 e. The van der Waals surface area contributed by atoms with Crippen molar-refractivity contribution in [2.24, 2.45) is 0 Å². The van der Waals surface area contributed by atoms with Gasteiger partial charge < -0.3 is 20.1 Å². The Kier molecular flexibility index (Phi) is 5.30. The number of hydrogen-bond acceptors (Lipinski definition) is 4. The second-order valence-corrected chi connectivity index (χ2v) is 5.98. The van der Waals surface area contributed by atoms with Crippen LogP contribution in [0, 0.1) is 6.92 Å². The molecule has 3 aromatic rings. The lowest BCUT2D eigenvalue weighted by Crippen LogP contribution is -2.36. The van der Waals surface area contributed by atoms with Gasteiger partial charge in [-0.15, -0.1) is 0 Å². The number of amides is 1. The summed E-state index contributed by atoms with van der Waals surface area (Å²) in [6.45, 7) is 2.25. The lowest BCUT2D eigenvalue weighted by atomic mass is 10.1. The molecule has 1 aromatic carbocycles. The zero-order valence-electron chi connectivity index (χ0n) is 14.0. The minimum atomic E-state index is -0.769. The fourth-order valence-electron chi connectivity index (χ4n) is 2.58. The summed E-state index contributed by atoms with van der Waals surface area (Å²) in [7, 11) is 0. The van der Waals surface area contributed by atoms with Crippen LogP contribution in [0.25, 0.3) is 11.0 Å². The van der Waals surface area contributed by atoms with E-state index in [1.54, 1.807) is 12.4 Å². The molecule has 6 nitrogen and oxygen atoms in total. The summed E-state index contributed by atoms with van der Waals surface area (Å²) in [6, 6.07) is 11.4. The Morgan fingerprint density at radius 2 is 2.24 bits per heavy atom. The molecule has 6 heteroatoms. The van der Waals surface area contributed by atoms with Crippen molar-refractivity contribution in [2.75, 3.05) is 13.2 Å². The van der Waals surface area contributed by atoms with Gasteiger partial charge >= 0.3 is 0 Å². The van der Waals surface area contributed by atoms with Crippen LogP contribution in [0.5, 0.6) is 5.75 Å². The third-order valence-electron chi connectivity index (χ3n) is 3.85. The van der Waals surface area contributed by atoms with E-state index >= 15 is 0 Å². The summed E-state index contributed by atoms with van der Waals surface area (Å²) in [6.07, 6.45) is 2.95. The number of aromatic amines is 1. The van der Waals surface area contributed by atoms with Gasteiger partial charge in [0.1, 0.15) is 24.1 Å². The van der Waals surface area contributed by atoms with E-state index in [0.717, 1.165) is 22.2 Å². The Morgan fingerprint density at radius 3 is 3.08 bits per heavy atom. The fourth-order valence-corrected chi connectivity index (χ4v) is 2.58. The van der Waals surface area contributed by atoms with E-state index in [1.807, 2.05) is 43.3 Å². The van der Waals surface area contributed by atoms with Crippen molar-refractivity contribution < 1.29 is 14.6 Å². The molecular formula is C19H21N3O3. The number of aromatic nitrogens is 2. The zero-order valence-corrected chi connectivity index (χ0v) is 14.0. The fraction of sp³-hybridized carbons (Fsp3) is 0.263. The maximum absolute atomic E-state index is 12.1. The van der Waals surface area contributed by atoms with Crippen LogP contribution in [0.3, 0.4) is 0 Å². The highest BCUT2D eigenvalue weighted by Crippen LogP contribution is 2.16. The Balaban J connectivity index is 1.45. The monoisotopic (exact) mass is 339 g/mol. The molecule has 0 aliphatic rings. The molecule has 0 saturated carbocycles. The Bertz CT molecular complexity index is 860. The van der Waals surface area contributed by atoms with Crippen LogP contribution in [0.2, 0.25) is 0 Å². The molecule has 2 heterocycles. The van der Waals surface area contributed by atoms with Crippen LogP contribution in [0.1, 0.15) is 11.1 Å². The maximum Gasteiger partial charge on any atom is 0.224 e. The van der Waals surface area contributed by atoms with E-state index in [4.69, 9.17) is 4.74 Å². The van der Waals surface area contributed by atoms with E-state index < -0.39 is 6.10 Å². The number of carbonyl (C=O) groups excluding carboxylic acids is 1. The third kappa shape index (κ3) is 4.58. The number of nitrogens with zero attached hydrogens (tertiary/aromatic N) is 1. The van der Waals surface area contributed by atoms with Crippen LogP contribution >= 0.6 is 0 Å². The van der Waals surface area contributed by atoms with E-state index in [2.05, 4.69) is 15.3 Å². The van der Waals surface area contributed by atoms with Crippen LogP contribution < -0.4 is 10.1 Å². The summed E-state index contributed by atoms with van der Waals surface area (Å²) in [5, 5.41) is 13.6. The smallest absolute Gasteiger partial charge is 0.224 e. The molecule has 3 N–H and O–H groups in total. The van der Waals surface area contributed by atoms with Gasteiger partial charge in [-0.3, -0.25) is 4.79 Å². The van der Waals surface area contributed by atoms with Gasteiger partial charge in [-0.25, -0.2) is 4.98 Å². The molecule has 0 spiro atoms. The van der Waals surface area contributed by atoms with Gasteiger partial charge in [-0.1, -0.05) is 12.1 Å². The quantitative estimate of drug-likeness (QED) is 0.614. The second kappa shape index (κ2) is 7.81. The number of fused-ring (bicyclic) bond motifs is 1. The van der Waals surface area contributed by atoms with Gasteiger partial charge in [0, 0.05) is 24.3 Å². The number of pyridine rings is 1. The van der Waals surface area contributed by atoms with Gasteiger partial charge in [0.15, 0.2) is 0 Å². The van der Waals surface area contributed by atoms with Crippen molar-refractivity contribution in [1.29, 1.82) is 0 Å². The Hall–Kier alpha value is -2.86. The van der Waals surface area contributed by atoms with Crippen molar-refractivity contribution >= 4 is 16.9 Å². The number of carbonyl (C=O) groups is 1. The van der Waals surface area contributed by atoms with Crippen LogP contribution in [-0.2, 0) is 11.2 Å². The molecule has 3 rings (SSSR count). The number of ether oxygens (including phenoxy) is 1. The first-order valence-corrected chi connectivity index (χ1v) is 8.17. The summed E-state index contributed by atoms with van der Waals surface area (Å²) < 4.78 is 5.53. The average Bonchev–Trinajstić information content (AvgIpc) is 3.01. The number of hydrogen-bond donors (Lipinski definition) is 3. The van der Waals surface area contributed by atoms with Gasteiger partial charge in [-0.05, 0) is 42.3 Å². The van der Waals surface area contributed by atoms with E-state index in [0.29, 0.717) is 5.75 Å². The molecule has 1 amide bonds. The van der Waals surface area contributed by atoms with Gasteiger partial charge in [0.25, 0.3) is 0 Å². The zero-order chi connectivity index (χ0) is 17.6. The van der Waals surface area contributed by atoms with Crippen LogP contribution in [-0.4, -0.2) is 40.2 Å². The molecule has 0 saturated heterocycles. The Labute approximate surface area is 145 Å². The number of rotatable bonds is 7. The number of aliphatic hydroxyl groups excluding tert-OH is 1. The molecular weight excluding hydrogens is 318 g/mol. The molecule has 0 aliphatic heterocycles. The van der Waals surface area contributed by atoms with Crippen LogP contribution in [0.4, 0.5) is 0 Å². The Morgan fingerprint density at radius 1 is 1.36 bits per heavy atom. The molecule has 0 bridgehead atoms. The van der Waals surface area contributed by atoms with Crippen LogP contribution in [0.15, 0.2) is 48.8 Å². The molecule has 25 heavy (non-hydrogen) atoms. The molecule has 0 radical (unpaired) electrons. The van der Waals surface area contributed by atoms with Crippen molar-refractivity contribution in [3.63, 3.8) is 0 Å². The van der Waals surface area contributed by atoms with E-state index in [9.17, 15) is 9.90 Å². The highest BCUT2D eigenvalue weighted by Gasteiger charge is 2.11. The standard InChI is InChI=1S/C19H21N3O3/c1-13-4-2-5-16(8-13)25-12-15(23)11-21-18(24)9-14-10-22-19-17(14)6-3-7-20-19/h2-8,10,15,23H,9,11-12H2,1H3,(H,20,22)(H,21,24)/t15-/m1/s1. The molecule has 0 unspecified atom stereocenters. The molecule has 0 aliphatic carbocycles. The van der Waals surface area contributed by atoms with Gasteiger partial charge in [0.05, 0.1) is 6.42 Å². The lowest BCUT2D eigenvalue weighted by molar-refractivity contribution is -0.120. The van der Waals surface area contributed by atoms with Crippen molar-refractivity contribution in [3.8, 4) is 5.75 Å². The highest BCUT2D eigenvalue weighted by atomic mass is 16.5. The van der Waals surface area contributed by atoms with Gasteiger partial charge in [0.2, 0.25) is 5.91 Å².